The number of hydrogen-bond acceptors (Lipinski definition) is 5. The quantitative estimate of drug-likeness (QED) is 0.719. The van der Waals surface area contributed by atoms with E-state index in [1.807, 2.05) is 4.83 Å². The summed E-state index contributed by atoms with van der Waals surface area (Å²) in [5.74, 6) is -0.898. The Labute approximate surface area is 144 Å². The van der Waals surface area contributed by atoms with Gasteiger partial charge in [-0.2, -0.15) is 0 Å². The number of hydrazine groups is 1. The number of benzene rings is 1. The lowest BCUT2D eigenvalue weighted by Crippen LogP contribution is -2.42. The van der Waals surface area contributed by atoms with Gasteiger partial charge in [0.15, 0.2) is 9.84 Å². The highest BCUT2D eigenvalue weighted by molar-refractivity contribution is 7.91. The summed E-state index contributed by atoms with van der Waals surface area (Å²) in [4.78, 5) is 13.5. The minimum atomic E-state index is -3.99. The molecule has 0 unspecified atom stereocenters. The minimum absolute atomic E-state index is 0.0555. The van der Waals surface area contributed by atoms with Crippen molar-refractivity contribution in [1.82, 2.24) is 10.3 Å². The van der Waals surface area contributed by atoms with Crippen LogP contribution >= 0.6 is 23.2 Å². The van der Waals surface area contributed by atoms with Crippen LogP contribution in [0.1, 0.15) is 12.8 Å². The van der Waals surface area contributed by atoms with E-state index in [9.17, 15) is 21.6 Å². The Morgan fingerprint density at radius 3 is 2.52 bits per heavy atom. The summed E-state index contributed by atoms with van der Waals surface area (Å²) in [5, 5.41) is 0.272. The summed E-state index contributed by atoms with van der Waals surface area (Å²) in [5.41, 5.74) is 2.06. The van der Waals surface area contributed by atoms with Gasteiger partial charge in [0.05, 0.1) is 26.4 Å². The average molecular weight is 401 g/mol. The first kappa shape index (κ1) is 18.5. The highest BCUT2D eigenvalue weighted by Gasteiger charge is 2.29. The molecule has 1 aliphatic heterocycles. The molecule has 11 heteroatoms. The number of sulfonamides is 1. The number of nitrogens with one attached hydrogen (secondary N) is 2. The Hall–Kier alpha value is -0.870. The normalized spacial score (nSPS) is 20.3. The third kappa shape index (κ3) is 5.05. The molecule has 1 fully saturated rings. The van der Waals surface area contributed by atoms with Crippen molar-refractivity contribution in [3.05, 3.63) is 28.2 Å². The van der Waals surface area contributed by atoms with Crippen LogP contribution in [0.5, 0.6) is 0 Å². The standard InChI is InChI=1S/C12H14Cl2N2O5S2/c13-10-2-1-9(6-11(10)14)23(20,21)16-15-12(17)5-8-3-4-22(18,19)7-8/h1-2,6,8,16H,3-5,7H2,(H,15,17)/t8-/m0/s1. The van der Waals surface area contributed by atoms with E-state index < -0.39 is 25.8 Å². The molecule has 1 aromatic rings. The molecule has 0 radical (unpaired) electrons. The third-order valence-corrected chi connectivity index (χ3v) is 7.15. The third-order valence-electron chi connectivity index (χ3n) is 3.33. The molecule has 1 amide bonds. The van der Waals surface area contributed by atoms with Crippen molar-refractivity contribution in [1.29, 1.82) is 0 Å². The Balaban J connectivity index is 1.94. The van der Waals surface area contributed by atoms with Gasteiger partial charge in [0, 0.05) is 6.42 Å². The van der Waals surface area contributed by atoms with Gasteiger partial charge in [-0.1, -0.05) is 23.2 Å². The van der Waals surface area contributed by atoms with Crippen LogP contribution in [-0.4, -0.2) is 34.2 Å². The molecular weight excluding hydrogens is 387 g/mol. The van der Waals surface area contributed by atoms with E-state index in [0.29, 0.717) is 6.42 Å². The number of halogens is 2. The van der Waals surface area contributed by atoms with Crippen molar-refractivity contribution in [2.24, 2.45) is 5.92 Å². The first-order valence-corrected chi connectivity index (χ1v) is 10.6. The number of carbonyl (C=O) groups excluding carboxylic acids is 1. The fraction of sp³-hybridized carbons (Fsp3) is 0.417. The van der Waals surface area contributed by atoms with Crippen LogP contribution in [-0.2, 0) is 24.7 Å². The Bertz CT molecular complexity index is 824. The minimum Gasteiger partial charge on any atom is -0.278 e. The van der Waals surface area contributed by atoms with E-state index in [4.69, 9.17) is 23.2 Å². The second-order valence-electron chi connectivity index (χ2n) is 5.20. The van der Waals surface area contributed by atoms with Crippen molar-refractivity contribution >= 4 is 49.0 Å². The maximum Gasteiger partial charge on any atom is 0.257 e. The first-order valence-electron chi connectivity index (χ1n) is 6.55. The van der Waals surface area contributed by atoms with E-state index in [1.165, 1.54) is 12.1 Å². The Morgan fingerprint density at radius 1 is 1.26 bits per heavy atom. The van der Waals surface area contributed by atoms with Gasteiger partial charge < -0.3 is 0 Å². The van der Waals surface area contributed by atoms with E-state index in [0.717, 1.165) is 6.07 Å². The molecule has 1 heterocycles. The zero-order valence-electron chi connectivity index (χ0n) is 11.8. The van der Waals surface area contributed by atoms with Crippen LogP contribution in [0.4, 0.5) is 0 Å². The number of rotatable bonds is 5. The Morgan fingerprint density at radius 2 is 1.96 bits per heavy atom. The highest BCUT2D eigenvalue weighted by Crippen LogP contribution is 2.24. The topological polar surface area (TPSA) is 109 Å². The van der Waals surface area contributed by atoms with Crippen LogP contribution in [0.25, 0.3) is 0 Å². The maximum absolute atomic E-state index is 12.0. The fourth-order valence-electron chi connectivity index (χ4n) is 2.17. The van der Waals surface area contributed by atoms with Gasteiger partial charge in [0.2, 0.25) is 5.91 Å². The lowest BCUT2D eigenvalue weighted by molar-refractivity contribution is -0.122. The number of amides is 1. The summed E-state index contributed by atoms with van der Waals surface area (Å²) in [7, 11) is -7.08. The predicted octanol–water partition coefficient (Wildman–Crippen LogP) is 1.13. The molecule has 0 aliphatic carbocycles. The first-order chi connectivity index (χ1) is 10.6. The van der Waals surface area contributed by atoms with Crippen LogP contribution in [0.2, 0.25) is 10.0 Å². The molecule has 0 saturated carbocycles. The van der Waals surface area contributed by atoms with E-state index in [1.54, 1.807) is 0 Å². The summed E-state index contributed by atoms with van der Waals surface area (Å²) in [6, 6.07) is 3.72. The van der Waals surface area contributed by atoms with Gasteiger partial charge in [-0.15, -0.1) is 4.83 Å². The second-order valence-corrected chi connectivity index (χ2v) is 9.93. The molecule has 1 aliphatic rings. The molecule has 1 saturated heterocycles. The molecule has 2 rings (SSSR count). The lowest BCUT2D eigenvalue weighted by Gasteiger charge is -2.11. The molecule has 1 atom stereocenters. The highest BCUT2D eigenvalue weighted by atomic mass is 35.5. The van der Waals surface area contributed by atoms with Crippen molar-refractivity contribution in [3.63, 3.8) is 0 Å². The number of sulfone groups is 1. The molecule has 7 nitrogen and oxygen atoms in total. The van der Waals surface area contributed by atoms with E-state index >= 15 is 0 Å². The van der Waals surface area contributed by atoms with Crippen molar-refractivity contribution in [3.8, 4) is 0 Å². The summed E-state index contributed by atoms with van der Waals surface area (Å²) < 4.78 is 46.7. The predicted molar refractivity (Wildman–Crippen MR) is 86.3 cm³/mol. The summed E-state index contributed by atoms with van der Waals surface area (Å²) in [6.45, 7) is 0. The molecule has 1 aromatic carbocycles. The lowest BCUT2D eigenvalue weighted by atomic mass is 10.1. The van der Waals surface area contributed by atoms with E-state index in [-0.39, 0.29) is 38.8 Å². The van der Waals surface area contributed by atoms with Gasteiger partial charge in [0.1, 0.15) is 0 Å². The van der Waals surface area contributed by atoms with Crippen molar-refractivity contribution in [2.75, 3.05) is 11.5 Å². The second kappa shape index (κ2) is 6.94. The monoisotopic (exact) mass is 400 g/mol. The largest absolute Gasteiger partial charge is 0.278 e. The zero-order chi connectivity index (χ0) is 17.3. The SMILES string of the molecule is O=C(C[C@@H]1CCS(=O)(=O)C1)NNS(=O)(=O)c1ccc(Cl)c(Cl)c1. The average Bonchev–Trinajstić information content (AvgIpc) is 2.78. The number of hydrogen-bond donors (Lipinski definition) is 2. The molecule has 128 valence electrons. The zero-order valence-corrected chi connectivity index (χ0v) is 14.9. The fourth-order valence-corrected chi connectivity index (χ4v) is 5.28. The van der Waals surface area contributed by atoms with Crippen LogP contribution in [0.15, 0.2) is 23.1 Å². The summed E-state index contributed by atoms with van der Waals surface area (Å²) >= 11 is 11.5. The Kier molecular flexibility index (Phi) is 5.57. The molecular formula is C12H14Cl2N2O5S2. The van der Waals surface area contributed by atoms with Gasteiger partial charge in [-0.25, -0.2) is 16.8 Å². The van der Waals surface area contributed by atoms with Gasteiger partial charge in [-0.3, -0.25) is 10.2 Å². The van der Waals surface area contributed by atoms with Crippen LogP contribution in [0.3, 0.4) is 0 Å². The van der Waals surface area contributed by atoms with E-state index in [2.05, 4.69) is 5.43 Å². The van der Waals surface area contributed by atoms with Crippen molar-refractivity contribution < 1.29 is 21.6 Å². The van der Waals surface area contributed by atoms with Gasteiger partial charge >= 0.3 is 0 Å². The van der Waals surface area contributed by atoms with Crippen LogP contribution < -0.4 is 10.3 Å². The van der Waals surface area contributed by atoms with Gasteiger partial charge in [-0.05, 0) is 30.5 Å². The van der Waals surface area contributed by atoms with Crippen molar-refractivity contribution in [2.45, 2.75) is 17.7 Å². The molecule has 0 aromatic heterocycles. The smallest absolute Gasteiger partial charge is 0.257 e. The number of carbonyl (C=O) groups is 1. The van der Waals surface area contributed by atoms with Gasteiger partial charge in [0.25, 0.3) is 10.0 Å². The molecule has 0 bridgehead atoms. The maximum atomic E-state index is 12.0. The molecule has 0 spiro atoms. The molecule has 2 N–H and O–H groups in total. The van der Waals surface area contributed by atoms with Crippen LogP contribution in [0, 0.1) is 5.92 Å². The molecule has 23 heavy (non-hydrogen) atoms. The summed E-state index contributed by atoms with van der Waals surface area (Å²) in [6.07, 6.45) is 0.332.